The molecule has 0 fully saturated rings. The summed E-state index contributed by atoms with van der Waals surface area (Å²) in [6, 6.07) is 0. The molecule has 0 heterocycles. The Hall–Kier alpha value is 0.430. The fraction of sp³-hybridized carbons (Fsp3) is 1.00. The maximum atomic E-state index is 11.5. The van der Waals surface area contributed by atoms with E-state index in [-0.39, 0.29) is 0 Å². The summed E-state index contributed by atoms with van der Waals surface area (Å²) in [5.41, 5.74) is 0. The third-order valence-electron chi connectivity index (χ3n) is 2.10. The van der Waals surface area contributed by atoms with E-state index < -0.39 is 9.84 Å². The summed E-state index contributed by atoms with van der Waals surface area (Å²) in [7, 11) is -2.77. The molecule has 0 rings (SSSR count). The van der Waals surface area contributed by atoms with Gasteiger partial charge in [-0.05, 0) is 25.2 Å². The molecule has 4 heteroatoms. The Kier molecular flexibility index (Phi) is 7.92. The van der Waals surface area contributed by atoms with E-state index in [0.29, 0.717) is 17.4 Å². The number of alkyl halides is 1. The van der Waals surface area contributed by atoms with Gasteiger partial charge in [-0.25, -0.2) is 8.42 Å². The first-order valence-electron chi connectivity index (χ1n) is 5.24. The topological polar surface area (TPSA) is 34.1 Å². The van der Waals surface area contributed by atoms with E-state index in [0.717, 1.165) is 31.0 Å². The number of halogens is 1. The molecule has 0 amide bonds. The molecule has 0 saturated carbocycles. The Morgan fingerprint density at radius 3 is 2.21 bits per heavy atom. The molecule has 0 aliphatic rings. The van der Waals surface area contributed by atoms with Crippen molar-refractivity contribution in [3.05, 3.63) is 0 Å². The molecule has 0 aromatic carbocycles. The first-order chi connectivity index (χ1) is 6.48. The number of hydrogen-bond acceptors (Lipinski definition) is 2. The Bertz CT molecular complexity index is 222. The molecule has 0 aliphatic heterocycles. The number of hydrogen-bond donors (Lipinski definition) is 0. The minimum Gasteiger partial charge on any atom is -0.229 e. The summed E-state index contributed by atoms with van der Waals surface area (Å²) in [5, 5.41) is 0.971. The Morgan fingerprint density at radius 1 is 1.07 bits per heavy atom. The van der Waals surface area contributed by atoms with Crippen LogP contribution in [-0.2, 0) is 9.84 Å². The Labute approximate surface area is 96.5 Å². The smallest absolute Gasteiger partial charge is 0.150 e. The lowest BCUT2D eigenvalue weighted by Crippen LogP contribution is -2.12. The van der Waals surface area contributed by atoms with Crippen LogP contribution in [-0.4, -0.2) is 25.3 Å². The van der Waals surface area contributed by atoms with Crippen LogP contribution in [0.15, 0.2) is 0 Å². The monoisotopic (exact) mass is 284 g/mol. The summed E-state index contributed by atoms with van der Waals surface area (Å²) in [6.07, 6.45) is 3.68. The van der Waals surface area contributed by atoms with Crippen molar-refractivity contribution in [3.63, 3.8) is 0 Å². The molecule has 0 aromatic rings. The van der Waals surface area contributed by atoms with Gasteiger partial charge in [0.15, 0.2) is 0 Å². The van der Waals surface area contributed by atoms with E-state index >= 15 is 0 Å². The zero-order valence-corrected chi connectivity index (χ0v) is 11.5. The van der Waals surface area contributed by atoms with Gasteiger partial charge in [-0.3, -0.25) is 0 Å². The van der Waals surface area contributed by atoms with Crippen molar-refractivity contribution < 1.29 is 8.42 Å². The molecule has 2 nitrogen and oxygen atoms in total. The number of unbranched alkanes of at least 4 members (excludes halogenated alkanes) is 2. The summed E-state index contributed by atoms with van der Waals surface area (Å²) < 4.78 is 23.0. The highest BCUT2D eigenvalue weighted by Gasteiger charge is 2.10. The zero-order valence-electron chi connectivity index (χ0n) is 9.13. The fourth-order valence-electron chi connectivity index (χ4n) is 1.11. The van der Waals surface area contributed by atoms with Gasteiger partial charge in [0, 0.05) is 5.33 Å². The normalized spacial score (nSPS) is 12.3. The first kappa shape index (κ1) is 14.4. The summed E-state index contributed by atoms with van der Waals surface area (Å²) in [4.78, 5) is 0. The number of rotatable bonds is 8. The van der Waals surface area contributed by atoms with E-state index in [9.17, 15) is 8.42 Å². The molecule has 0 bridgehead atoms. The minimum absolute atomic E-state index is 0.360. The van der Waals surface area contributed by atoms with E-state index in [2.05, 4.69) is 29.8 Å². The lowest BCUT2D eigenvalue weighted by atomic mass is 10.2. The summed E-state index contributed by atoms with van der Waals surface area (Å²) >= 11 is 3.33. The van der Waals surface area contributed by atoms with Gasteiger partial charge in [-0.2, -0.15) is 0 Å². The average Bonchev–Trinajstić information content (AvgIpc) is 2.10. The van der Waals surface area contributed by atoms with Crippen LogP contribution in [0.1, 0.15) is 39.5 Å². The lowest BCUT2D eigenvalue weighted by Gasteiger charge is -2.05. The highest BCUT2D eigenvalue weighted by atomic mass is 79.9. The molecule has 0 atom stereocenters. The van der Waals surface area contributed by atoms with E-state index in [4.69, 9.17) is 0 Å². The van der Waals surface area contributed by atoms with E-state index in [1.165, 1.54) is 0 Å². The molecule has 0 aliphatic carbocycles. The average molecular weight is 285 g/mol. The van der Waals surface area contributed by atoms with E-state index in [1.807, 2.05) is 0 Å². The quantitative estimate of drug-likeness (QED) is 0.507. The zero-order chi connectivity index (χ0) is 11.0. The van der Waals surface area contributed by atoms with Crippen molar-refractivity contribution in [2.45, 2.75) is 39.5 Å². The second-order valence-corrected chi connectivity index (χ2v) is 7.18. The second-order valence-electron chi connectivity index (χ2n) is 4.08. The van der Waals surface area contributed by atoms with Crippen molar-refractivity contribution in [2.75, 3.05) is 16.8 Å². The maximum absolute atomic E-state index is 11.5. The van der Waals surface area contributed by atoms with Crippen molar-refractivity contribution in [2.24, 2.45) is 5.92 Å². The fourth-order valence-corrected chi connectivity index (χ4v) is 3.19. The van der Waals surface area contributed by atoms with Crippen LogP contribution in [0.5, 0.6) is 0 Å². The van der Waals surface area contributed by atoms with Crippen LogP contribution >= 0.6 is 15.9 Å². The molecular weight excluding hydrogens is 264 g/mol. The van der Waals surface area contributed by atoms with Crippen LogP contribution in [0, 0.1) is 5.92 Å². The third-order valence-corrected chi connectivity index (χ3v) is 4.42. The van der Waals surface area contributed by atoms with Crippen LogP contribution < -0.4 is 0 Å². The van der Waals surface area contributed by atoms with Crippen molar-refractivity contribution >= 4 is 25.8 Å². The summed E-state index contributed by atoms with van der Waals surface area (Å²) in [5.74, 6) is 1.21. The Balaban J connectivity index is 3.62. The van der Waals surface area contributed by atoms with Crippen LogP contribution in [0.2, 0.25) is 0 Å². The molecule has 0 spiro atoms. The van der Waals surface area contributed by atoms with Crippen LogP contribution in [0.3, 0.4) is 0 Å². The van der Waals surface area contributed by atoms with Gasteiger partial charge in [0.2, 0.25) is 0 Å². The lowest BCUT2D eigenvalue weighted by molar-refractivity contribution is 0.570. The SMILES string of the molecule is CC(C)CCS(=O)(=O)CCCCCBr. The maximum Gasteiger partial charge on any atom is 0.150 e. The van der Waals surface area contributed by atoms with Crippen LogP contribution in [0.25, 0.3) is 0 Å². The molecular formula is C10H21BrO2S. The molecule has 0 saturated heterocycles. The van der Waals surface area contributed by atoms with Gasteiger partial charge in [-0.1, -0.05) is 36.2 Å². The summed E-state index contributed by atoms with van der Waals surface area (Å²) in [6.45, 7) is 4.11. The van der Waals surface area contributed by atoms with Gasteiger partial charge < -0.3 is 0 Å². The molecule has 0 unspecified atom stereocenters. The predicted octanol–water partition coefficient (Wildman–Crippen LogP) is 3.01. The standard InChI is InChI=1S/C10H21BrO2S/c1-10(2)6-9-14(12,13)8-5-3-4-7-11/h10H,3-9H2,1-2H3. The van der Waals surface area contributed by atoms with Crippen molar-refractivity contribution in [1.29, 1.82) is 0 Å². The largest absolute Gasteiger partial charge is 0.229 e. The Morgan fingerprint density at radius 2 is 1.71 bits per heavy atom. The van der Waals surface area contributed by atoms with Gasteiger partial charge >= 0.3 is 0 Å². The van der Waals surface area contributed by atoms with Crippen molar-refractivity contribution in [3.8, 4) is 0 Å². The van der Waals surface area contributed by atoms with E-state index in [1.54, 1.807) is 0 Å². The molecule has 0 N–H and O–H groups in total. The highest BCUT2D eigenvalue weighted by molar-refractivity contribution is 9.09. The molecule has 14 heavy (non-hydrogen) atoms. The first-order valence-corrected chi connectivity index (χ1v) is 8.18. The molecule has 0 radical (unpaired) electrons. The number of sulfone groups is 1. The van der Waals surface area contributed by atoms with Crippen molar-refractivity contribution in [1.82, 2.24) is 0 Å². The van der Waals surface area contributed by atoms with Gasteiger partial charge in [0.25, 0.3) is 0 Å². The molecule has 0 aromatic heterocycles. The van der Waals surface area contributed by atoms with Gasteiger partial charge in [0.1, 0.15) is 9.84 Å². The second kappa shape index (κ2) is 7.69. The van der Waals surface area contributed by atoms with Gasteiger partial charge in [-0.15, -0.1) is 0 Å². The highest BCUT2D eigenvalue weighted by Crippen LogP contribution is 2.07. The predicted molar refractivity (Wildman–Crippen MR) is 65.8 cm³/mol. The van der Waals surface area contributed by atoms with Gasteiger partial charge in [0.05, 0.1) is 11.5 Å². The van der Waals surface area contributed by atoms with Crippen LogP contribution in [0.4, 0.5) is 0 Å². The third kappa shape index (κ3) is 9.00. The minimum atomic E-state index is -2.77. The molecule has 86 valence electrons.